The van der Waals surface area contributed by atoms with Crippen LogP contribution in [0.15, 0.2) is 30.6 Å². The summed E-state index contributed by atoms with van der Waals surface area (Å²) in [7, 11) is 1.69. The molecule has 0 radical (unpaired) electrons. The van der Waals surface area contributed by atoms with Crippen LogP contribution >= 0.6 is 11.6 Å². The molecule has 0 saturated heterocycles. The van der Waals surface area contributed by atoms with Gasteiger partial charge < -0.3 is 0 Å². The summed E-state index contributed by atoms with van der Waals surface area (Å²) in [6, 6.07) is 3.96. The van der Waals surface area contributed by atoms with Crippen molar-refractivity contribution < 1.29 is 9.18 Å². The van der Waals surface area contributed by atoms with Crippen LogP contribution in [0.4, 0.5) is 4.39 Å². The summed E-state index contributed by atoms with van der Waals surface area (Å²) in [4.78, 5) is 11.9. The van der Waals surface area contributed by atoms with Gasteiger partial charge in [0.25, 0.3) is 0 Å². The quantitative estimate of drug-likeness (QED) is 0.754. The number of carbonyl (C=O) groups is 1. The fourth-order valence-electron chi connectivity index (χ4n) is 1.37. The summed E-state index contributed by atoms with van der Waals surface area (Å²) in [6.07, 6.45) is 2.94. The molecule has 2 rings (SSSR count). The van der Waals surface area contributed by atoms with Gasteiger partial charge in [-0.15, -0.1) is 0 Å². The number of aromatic nitrogens is 2. The summed E-state index contributed by atoms with van der Waals surface area (Å²) in [5.41, 5.74) is 0.348. The molecular formula is C11H8ClFN2O. The van der Waals surface area contributed by atoms with Crippen LogP contribution < -0.4 is 0 Å². The first-order chi connectivity index (χ1) is 7.58. The second-order valence-electron chi connectivity index (χ2n) is 3.36. The van der Waals surface area contributed by atoms with Crippen LogP contribution in [0.5, 0.6) is 0 Å². The van der Waals surface area contributed by atoms with E-state index in [0.29, 0.717) is 5.56 Å². The van der Waals surface area contributed by atoms with E-state index in [4.69, 9.17) is 11.6 Å². The maximum atomic E-state index is 13.5. The van der Waals surface area contributed by atoms with Crippen molar-refractivity contribution in [3.8, 4) is 0 Å². The zero-order chi connectivity index (χ0) is 11.7. The number of aryl methyl sites for hydroxylation is 1. The molecule has 1 heterocycles. The van der Waals surface area contributed by atoms with Crippen molar-refractivity contribution in [1.29, 1.82) is 0 Å². The Morgan fingerprint density at radius 2 is 2.25 bits per heavy atom. The first-order valence-corrected chi connectivity index (χ1v) is 4.94. The Balaban J connectivity index is 2.41. The minimum Gasteiger partial charge on any atom is -0.288 e. The van der Waals surface area contributed by atoms with Crippen molar-refractivity contribution in [2.75, 3.05) is 0 Å². The Kier molecular flexibility index (Phi) is 2.75. The Morgan fingerprint density at radius 3 is 2.81 bits per heavy atom. The molecule has 5 heteroatoms. The number of nitrogens with zero attached hydrogens (tertiary/aromatic N) is 2. The predicted octanol–water partition coefficient (Wildman–Crippen LogP) is 2.44. The number of hydrogen-bond donors (Lipinski definition) is 0. The van der Waals surface area contributed by atoms with E-state index in [0.717, 1.165) is 6.07 Å². The smallest absolute Gasteiger partial charge is 0.199 e. The molecule has 0 spiro atoms. The van der Waals surface area contributed by atoms with Gasteiger partial charge >= 0.3 is 0 Å². The summed E-state index contributed by atoms with van der Waals surface area (Å²) in [5, 5.41) is 4.12. The molecule has 0 saturated carbocycles. The van der Waals surface area contributed by atoms with Crippen LogP contribution in [-0.4, -0.2) is 15.6 Å². The number of rotatable bonds is 2. The lowest BCUT2D eigenvalue weighted by atomic mass is 10.1. The number of ketones is 1. The lowest BCUT2D eigenvalue weighted by molar-refractivity contribution is 0.103. The van der Waals surface area contributed by atoms with Crippen molar-refractivity contribution in [1.82, 2.24) is 9.78 Å². The summed E-state index contributed by atoms with van der Waals surface area (Å²) in [5.74, 6) is -1.02. The monoisotopic (exact) mass is 238 g/mol. The zero-order valence-corrected chi connectivity index (χ0v) is 9.20. The van der Waals surface area contributed by atoms with Crippen LogP contribution in [-0.2, 0) is 7.05 Å². The maximum absolute atomic E-state index is 13.5. The van der Waals surface area contributed by atoms with Crippen molar-refractivity contribution in [3.63, 3.8) is 0 Å². The lowest BCUT2D eigenvalue weighted by Crippen LogP contribution is -2.03. The van der Waals surface area contributed by atoms with E-state index in [1.165, 1.54) is 29.2 Å². The summed E-state index contributed by atoms with van der Waals surface area (Å²) in [6.45, 7) is 0. The Labute approximate surface area is 96.5 Å². The topological polar surface area (TPSA) is 34.9 Å². The molecule has 1 aromatic heterocycles. The van der Waals surface area contributed by atoms with E-state index >= 15 is 0 Å². The molecule has 0 bridgehead atoms. The van der Waals surface area contributed by atoms with Crippen molar-refractivity contribution in [2.24, 2.45) is 7.05 Å². The molecule has 82 valence electrons. The highest BCUT2D eigenvalue weighted by atomic mass is 35.5. The number of hydrogen-bond acceptors (Lipinski definition) is 2. The number of halogens is 2. The molecule has 0 unspecified atom stereocenters. The Morgan fingerprint density at radius 1 is 1.50 bits per heavy atom. The standard InChI is InChI=1S/C11H8ClFN2O/c1-15-6-7(5-14-15)11(16)9-3-2-8(12)4-10(9)13/h2-6H,1H3. The first kappa shape index (κ1) is 10.8. The molecule has 16 heavy (non-hydrogen) atoms. The fraction of sp³-hybridized carbons (Fsp3) is 0.0909. The minimum absolute atomic E-state index is 0.00241. The first-order valence-electron chi connectivity index (χ1n) is 4.56. The van der Waals surface area contributed by atoms with Gasteiger partial charge in [-0.1, -0.05) is 11.6 Å². The van der Waals surface area contributed by atoms with E-state index in [9.17, 15) is 9.18 Å². The molecule has 0 fully saturated rings. The van der Waals surface area contributed by atoms with E-state index in [1.54, 1.807) is 7.05 Å². The van der Waals surface area contributed by atoms with Gasteiger partial charge in [-0.2, -0.15) is 5.10 Å². The van der Waals surface area contributed by atoms with Gasteiger partial charge in [0.1, 0.15) is 5.82 Å². The number of carbonyl (C=O) groups excluding carboxylic acids is 1. The molecule has 0 N–H and O–H groups in total. The second kappa shape index (κ2) is 4.06. The fourth-order valence-corrected chi connectivity index (χ4v) is 1.53. The molecule has 0 aliphatic carbocycles. The van der Waals surface area contributed by atoms with Crippen LogP contribution in [0.3, 0.4) is 0 Å². The van der Waals surface area contributed by atoms with Gasteiger partial charge in [0.15, 0.2) is 5.78 Å². The van der Waals surface area contributed by atoms with E-state index in [-0.39, 0.29) is 10.6 Å². The maximum Gasteiger partial charge on any atom is 0.199 e. The average molecular weight is 239 g/mol. The van der Waals surface area contributed by atoms with Crippen LogP contribution in [0.25, 0.3) is 0 Å². The third-order valence-electron chi connectivity index (χ3n) is 2.14. The van der Waals surface area contributed by atoms with Crippen LogP contribution in [0.2, 0.25) is 5.02 Å². The van der Waals surface area contributed by atoms with E-state index in [1.807, 2.05) is 0 Å². The molecule has 3 nitrogen and oxygen atoms in total. The van der Waals surface area contributed by atoms with Gasteiger partial charge in [-0.3, -0.25) is 9.48 Å². The Hall–Kier alpha value is -1.68. The van der Waals surface area contributed by atoms with Crippen molar-refractivity contribution >= 4 is 17.4 Å². The highest BCUT2D eigenvalue weighted by Crippen LogP contribution is 2.17. The molecule has 0 amide bonds. The molecule has 0 aliphatic heterocycles. The molecule has 0 atom stereocenters. The third kappa shape index (κ3) is 1.97. The van der Waals surface area contributed by atoms with Gasteiger partial charge in [-0.05, 0) is 18.2 Å². The SMILES string of the molecule is Cn1cc(C(=O)c2ccc(Cl)cc2F)cn1. The van der Waals surface area contributed by atoms with Crippen molar-refractivity contribution in [2.45, 2.75) is 0 Å². The Bertz CT molecular complexity index is 551. The predicted molar refractivity (Wildman–Crippen MR) is 58.1 cm³/mol. The molecule has 2 aromatic rings. The second-order valence-corrected chi connectivity index (χ2v) is 3.79. The van der Waals surface area contributed by atoms with Gasteiger partial charge in [-0.25, -0.2) is 4.39 Å². The lowest BCUT2D eigenvalue weighted by Gasteiger charge is -2.00. The van der Waals surface area contributed by atoms with Gasteiger partial charge in [0, 0.05) is 18.3 Å². The highest BCUT2D eigenvalue weighted by molar-refractivity contribution is 6.30. The normalized spacial score (nSPS) is 10.4. The van der Waals surface area contributed by atoms with Crippen molar-refractivity contribution in [3.05, 3.63) is 52.6 Å². The van der Waals surface area contributed by atoms with Crippen LogP contribution in [0, 0.1) is 5.82 Å². The summed E-state index contributed by atoms with van der Waals surface area (Å²) < 4.78 is 14.9. The van der Waals surface area contributed by atoms with Crippen LogP contribution in [0.1, 0.15) is 15.9 Å². The molecule has 1 aromatic carbocycles. The van der Waals surface area contributed by atoms with Gasteiger partial charge in [0.2, 0.25) is 0 Å². The zero-order valence-electron chi connectivity index (χ0n) is 8.45. The van der Waals surface area contributed by atoms with Gasteiger partial charge in [0.05, 0.1) is 17.3 Å². The largest absolute Gasteiger partial charge is 0.288 e. The highest BCUT2D eigenvalue weighted by Gasteiger charge is 2.15. The van der Waals surface area contributed by atoms with E-state index in [2.05, 4.69) is 5.10 Å². The molecule has 0 aliphatic rings. The minimum atomic E-state index is -0.624. The third-order valence-corrected chi connectivity index (χ3v) is 2.38. The molecular weight excluding hydrogens is 231 g/mol. The number of benzene rings is 1. The summed E-state index contributed by atoms with van der Waals surface area (Å²) >= 11 is 5.60. The van der Waals surface area contributed by atoms with E-state index < -0.39 is 11.6 Å². The average Bonchev–Trinajstić information content (AvgIpc) is 2.64.